The summed E-state index contributed by atoms with van der Waals surface area (Å²) in [5, 5.41) is 8.91. The number of aryl methyl sites for hydroxylation is 1. The SMILES string of the molecule is Cc1ccc(NS(C)(=O)=O)c(C(=O)N2CCC(C#N)CC2)c1. The zero-order valence-electron chi connectivity index (χ0n) is 12.7. The van der Waals surface area contributed by atoms with Gasteiger partial charge in [-0.25, -0.2) is 8.42 Å². The van der Waals surface area contributed by atoms with Gasteiger partial charge in [0.1, 0.15) is 0 Å². The second-order valence-corrected chi connectivity index (χ2v) is 7.37. The molecule has 0 aromatic heterocycles. The lowest BCUT2D eigenvalue weighted by atomic mass is 9.97. The molecule has 1 saturated heterocycles. The van der Waals surface area contributed by atoms with Crippen molar-refractivity contribution >= 4 is 21.6 Å². The lowest BCUT2D eigenvalue weighted by Gasteiger charge is -2.29. The molecule has 1 aromatic carbocycles. The zero-order valence-corrected chi connectivity index (χ0v) is 13.5. The van der Waals surface area contributed by atoms with Crippen LogP contribution in [0, 0.1) is 24.2 Å². The van der Waals surface area contributed by atoms with Crippen LogP contribution in [-0.2, 0) is 10.0 Å². The standard InChI is InChI=1S/C15H19N3O3S/c1-11-3-4-14(17-22(2,20)21)13(9-11)15(19)18-7-5-12(10-16)6-8-18/h3-4,9,12,17H,5-8H2,1-2H3. The first kappa shape index (κ1) is 16.3. The molecule has 22 heavy (non-hydrogen) atoms. The third-order valence-corrected chi connectivity index (χ3v) is 4.26. The number of sulfonamides is 1. The van der Waals surface area contributed by atoms with E-state index in [1.165, 1.54) is 0 Å². The maximum Gasteiger partial charge on any atom is 0.255 e. The molecule has 1 fully saturated rings. The molecule has 0 atom stereocenters. The summed E-state index contributed by atoms with van der Waals surface area (Å²) in [6.45, 7) is 2.88. The molecule has 1 aromatic rings. The molecular formula is C15H19N3O3S. The molecule has 6 nitrogen and oxygen atoms in total. The number of amides is 1. The smallest absolute Gasteiger partial charge is 0.255 e. The average Bonchev–Trinajstić information content (AvgIpc) is 2.47. The second kappa shape index (κ2) is 6.36. The number of nitrogens with one attached hydrogen (secondary N) is 1. The van der Waals surface area contributed by atoms with Gasteiger partial charge in [-0.1, -0.05) is 11.6 Å². The van der Waals surface area contributed by atoms with Crippen LogP contribution in [0.15, 0.2) is 18.2 Å². The Morgan fingerprint density at radius 3 is 2.55 bits per heavy atom. The highest BCUT2D eigenvalue weighted by Crippen LogP contribution is 2.23. The summed E-state index contributed by atoms with van der Waals surface area (Å²) in [5.74, 6) is -0.207. The van der Waals surface area contributed by atoms with Gasteiger partial charge in [-0.05, 0) is 31.9 Å². The van der Waals surface area contributed by atoms with Crippen LogP contribution in [0.1, 0.15) is 28.8 Å². The Hall–Kier alpha value is -2.07. The number of likely N-dealkylation sites (tertiary alicyclic amines) is 1. The Kier molecular flexibility index (Phi) is 4.71. The fraction of sp³-hybridized carbons (Fsp3) is 0.467. The highest BCUT2D eigenvalue weighted by Gasteiger charge is 2.25. The fourth-order valence-electron chi connectivity index (χ4n) is 2.51. The maximum atomic E-state index is 12.7. The molecule has 0 spiro atoms. The van der Waals surface area contributed by atoms with Crippen molar-refractivity contribution in [2.45, 2.75) is 19.8 Å². The van der Waals surface area contributed by atoms with Crippen molar-refractivity contribution in [3.8, 4) is 6.07 Å². The summed E-state index contributed by atoms with van der Waals surface area (Å²) in [6, 6.07) is 7.27. The van der Waals surface area contributed by atoms with Gasteiger partial charge >= 0.3 is 0 Å². The zero-order chi connectivity index (χ0) is 16.3. The van der Waals surface area contributed by atoms with Crippen LogP contribution < -0.4 is 4.72 Å². The molecule has 118 valence electrons. The van der Waals surface area contributed by atoms with E-state index in [9.17, 15) is 13.2 Å². The van der Waals surface area contributed by atoms with Crippen molar-refractivity contribution in [3.05, 3.63) is 29.3 Å². The topological polar surface area (TPSA) is 90.3 Å². The predicted molar refractivity (Wildman–Crippen MR) is 83.9 cm³/mol. The van der Waals surface area contributed by atoms with Crippen LogP contribution in [0.2, 0.25) is 0 Å². The van der Waals surface area contributed by atoms with Crippen molar-refractivity contribution in [1.82, 2.24) is 4.90 Å². The molecule has 2 rings (SSSR count). The van der Waals surface area contributed by atoms with Gasteiger partial charge in [0, 0.05) is 19.0 Å². The van der Waals surface area contributed by atoms with E-state index in [4.69, 9.17) is 5.26 Å². The van der Waals surface area contributed by atoms with Crippen LogP contribution in [0.4, 0.5) is 5.69 Å². The van der Waals surface area contributed by atoms with Gasteiger partial charge < -0.3 is 4.90 Å². The van der Waals surface area contributed by atoms with E-state index in [1.807, 2.05) is 6.92 Å². The Balaban J connectivity index is 2.26. The van der Waals surface area contributed by atoms with Crippen LogP contribution in [-0.4, -0.2) is 38.6 Å². The number of carbonyl (C=O) groups excluding carboxylic acids is 1. The van der Waals surface area contributed by atoms with E-state index in [0.29, 0.717) is 37.2 Å². The Morgan fingerprint density at radius 1 is 1.36 bits per heavy atom. The number of hydrogen-bond acceptors (Lipinski definition) is 4. The average molecular weight is 321 g/mol. The molecule has 1 aliphatic rings. The molecule has 0 radical (unpaired) electrons. The molecule has 0 aliphatic carbocycles. The first-order valence-corrected chi connectivity index (χ1v) is 8.96. The predicted octanol–water partition coefficient (Wildman–Crippen LogP) is 1.74. The molecule has 1 aliphatic heterocycles. The fourth-order valence-corrected chi connectivity index (χ4v) is 3.08. The molecular weight excluding hydrogens is 302 g/mol. The van der Waals surface area contributed by atoms with Crippen LogP contribution in [0.3, 0.4) is 0 Å². The number of carbonyl (C=O) groups is 1. The summed E-state index contributed by atoms with van der Waals surface area (Å²) >= 11 is 0. The summed E-state index contributed by atoms with van der Waals surface area (Å²) in [5.41, 5.74) is 1.52. The summed E-state index contributed by atoms with van der Waals surface area (Å²) in [4.78, 5) is 14.3. The van der Waals surface area contributed by atoms with Gasteiger partial charge in [0.2, 0.25) is 10.0 Å². The minimum absolute atomic E-state index is 0.00447. The largest absolute Gasteiger partial charge is 0.338 e. The number of hydrogen-bond donors (Lipinski definition) is 1. The quantitative estimate of drug-likeness (QED) is 0.918. The minimum Gasteiger partial charge on any atom is -0.338 e. The van der Waals surface area contributed by atoms with Gasteiger partial charge in [-0.2, -0.15) is 5.26 Å². The van der Waals surface area contributed by atoms with E-state index in [1.54, 1.807) is 23.1 Å². The van der Waals surface area contributed by atoms with E-state index in [-0.39, 0.29) is 11.8 Å². The number of piperidine rings is 1. The first-order chi connectivity index (χ1) is 10.3. The van der Waals surface area contributed by atoms with Gasteiger partial charge in [-0.3, -0.25) is 9.52 Å². The van der Waals surface area contributed by atoms with Crippen LogP contribution in [0.25, 0.3) is 0 Å². The number of benzene rings is 1. The normalized spacial score (nSPS) is 16.1. The summed E-state index contributed by atoms with van der Waals surface area (Å²) < 4.78 is 25.3. The van der Waals surface area contributed by atoms with Crippen LogP contribution >= 0.6 is 0 Å². The molecule has 7 heteroatoms. The van der Waals surface area contributed by atoms with E-state index >= 15 is 0 Å². The molecule has 0 saturated carbocycles. The van der Waals surface area contributed by atoms with Crippen molar-refractivity contribution < 1.29 is 13.2 Å². The monoisotopic (exact) mass is 321 g/mol. The van der Waals surface area contributed by atoms with Crippen molar-refractivity contribution in [1.29, 1.82) is 5.26 Å². The molecule has 1 N–H and O–H groups in total. The number of anilines is 1. The molecule has 0 unspecified atom stereocenters. The van der Waals surface area contributed by atoms with Gasteiger partial charge in [0.25, 0.3) is 5.91 Å². The third kappa shape index (κ3) is 3.98. The highest BCUT2D eigenvalue weighted by atomic mass is 32.2. The lowest BCUT2D eigenvalue weighted by molar-refractivity contribution is 0.0708. The van der Waals surface area contributed by atoms with Crippen molar-refractivity contribution in [2.75, 3.05) is 24.1 Å². The molecule has 1 amide bonds. The highest BCUT2D eigenvalue weighted by molar-refractivity contribution is 7.92. The van der Waals surface area contributed by atoms with E-state index in [0.717, 1.165) is 11.8 Å². The van der Waals surface area contributed by atoms with Crippen molar-refractivity contribution in [3.63, 3.8) is 0 Å². The molecule has 0 bridgehead atoms. The number of nitrogens with zero attached hydrogens (tertiary/aromatic N) is 2. The summed E-state index contributed by atoms with van der Waals surface area (Å²) in [7, 11) is -3.45. The maximum absolute atomic E-state index is 12.7. The van der Waals surface area contributed by atoms with Crippen LogP contribution in [0.5, 0.6) is 0 Å². The Morgan fingerprint density at radius 2 is 2.00 bits per heavy atom. The van der Waals surface area contributed by atoms with Gasteiger partial charge in [0.05, 0.1) is 23.6 Å². The summed E-state index contributed by atoms with van der Waals surface area (Å²) in [6.07, 6.45) is 2.37. The first-order valence-electron chi connectivity index (χ1n) is 7.07. The van der Waals surface area contributed by atoms with Gasteiger partial charge in [-0.15, -0.1) is 0 Å². The van der Waals surface area contributed by atoms with Crippen molar-refractivity contribution in [2.24, 2.45) is 5.92 Å². The van der Waals surface area contributed by atoms with E-state index in [2.05, 4.69) is 10.8 Å². The Labute approximate surface area is 130 Å². The Bertz CT molecular complexity index is 714. The second-order valence-electron chi connectivity index (χ2n) is 5.62. The number of nitriles is 1. The molecule has 1 heterocycles. The number of rotatable bonds is 3. The van der Waals surface area contributed by atoms with Gasteiger partial charge in [0.15, 0.2) is 0 Å². The third-order valence-electron chi connectivity index (χ3n) is 3.67. The minimum atomic E-state index is -3.45. The van der Waals surface area contributed by atoms with E-state index < -0.39 is 10.0 Å². The lowest BCUT2D eigenvalue weighted by Crippen LogP contribution is -2.38.